The maximum Gasteiger partial charge on any atom is 0.357 e. The van der Waals surface area contributed by atoms with Crippen LogP contribution in [-0.4, -0.2) is 28.7 Å². The van der Waals surface area contributed by atoms with Gasteiger partial charge in [-0.15, -0.1) is 0 Å². The summed E-state index contributed by atoms with van der Waals surface area (Å²) in [7, 11) is -3.94. The maximum atomic E-state index is 12.9. The zero-order valence-electron chi connectivity index (χ0n) is 12.4. The van der Waals surface area contributed by atoms with Gasteiger partial charge in [-0.05, 0) is 38.1 Å². The SMILES string of the molecule is CCOP(=O)(OCC)[C@@H](NC(=O)c1ccc(F)cc1)C(Cl)(Cl)Cl. The van der Waals surface area contributed by atoms with E-state index in [2.05, 4.69) is 5.32 Å². The Morgan fingerprint density at radius 1 is 1.22 bits per heavy atom. The summed E-state index contributed by atoms with van der Waals surface area (Å²) in [6.45, 7) is 3.23. The van der Waals surface area contributed by atoms with Gasteiger partial charge in [0.2, 0.25) is 3.79 Å². The number of amides is 1. The van der Waals surface area contributed by atoms with Gasteiger partial charge in [0.15, 0.2) is 5.78 Å². The van der Waals surface area contributed by atoms with Crippen molar-refractivity contribution in [2.24, 2.45) is 0 Å². The average Bonchev–Trinajstić information content (AvgIpc) is 2.44. The lowest BCUT2D eigenvalue weighted by molar-refractivity contribution is 0.0938. The number of carbonyl (C=O) groups is 1. The molecule has 0 aromatic heterocycles. The molecule has 1 aromatic carbocycles. The van der Waals surface area contributed by atoms with Crippen LogP contribution in [0.5, 0.6) is 0 Å². The summed E-state index contributed by atoms with van der Waals surface area (Å²) in [6, 6.07) is 4.69. The van der Waals surface area contributed by atoms with E-state index in [4.69, 9.17) is 43.9 Å². The molecule has 0 fully saturated rings. The van der Waals surface area contributed by atoms with Crippen molar-refractivity contribution in [1.29, 1.82) is 0 Å². The average molecular weight is 407 g/mol. The lowest BCUT2D eigenvalue weighted by Crippen LogP contribution is -2.44. The first-order valence-electron chi connectivity index (χ1n) is 6.66. The molecule has 0 aliphatic carbocycles. The van der Waals surface area contributed by atoms with Crippen molar-refractivity contribution in [2.45, 2.75) is 23.4 Å². The fourth-order valence-corrected chi connectivity index (χ4v) is 4.66. The predicted octanol–water partition coefficient (Wildman–Crippen LogP) is 4.52. The molecule has 0 unspecified atom stereocenters. The van der Waals surface area contributed by atoms with Crippen molar-refractivity contribution in [3.05, 3.63) is 35.6 Å². The number of hydrogen-bond donors (Lipinski definition) is 1. The smallest absolute Gasteiger partial charge is 0.334 e. The number of nitrogens with one attached hydrogen (secondary N) is 1. The van der Waals surface area contributed by atoms with Crippen molar-refractivity contribution < 1.29 is 22.8 Å². The highest BCUT2D eigenvalue weighted by molar-refractivity contribution is 7.55. The summed E-state index contributed by atoms with van der Waals surface area (Å²) in [6.07, 6.45) is 0. The van der Waals surface area contributed by atoms with E-state index < -0.39 is 28.9 Å². The van der Waals surface area contributed by atoms with Crippen molar-refractivity contribution in [1.82, 2.24) is 5.32 Å². The van der Waals surface area contributed by atoms with Crippen LogP contribution in [0.4, 0.5) is 4.39 Å². The van der Waals surface area contributed by atoms with Crippen LogP contribution in [0.3, 0.4) is 0 Å². The lowest BCUT2D eigenvalue weighted by atomic mass is 10.2. The quantitative estimate of drug-likeness (QED) is 0.534. The molecule has 1 aromatic rings. The Balaban J connectivity index is 3.09. The molecule has 0 saturated carbocycles. The Kier molecular flexibility index (Phi) is 7.78. The Labute approximate surface area is 148 Å². The summed E-state index contributed by atoms with van der Waals surface area (Å²) in [4.78, 5) is 12.2. The minimum Gasteiger partial charge on any atom is -0.334 e. The minimum absolute atomic E-state index is 0.0287. The first kappa shape index (κ1) is 20.7. The van der Waals surface area contributed by atoms with E-state index >= 15 is 0 Å². The van der Waals surface area contributed by atoms with Gasteiger partial charge in [0.1, 0.15) is 5.82 Å². The van der Waals surface area contributed by atoms with Crippen LogP contribution in [0.2, 0.25) is 0 Å². The van der Waals surface area contributed by atoms with Gasteiger partial charge in [0, 0.05) is 5.56 Å². The zero-order chi connectivity index (χ0) is 17.7. The monoisotopic (exact) mass is 405 g/mol. The molecule has 130 valence electrons. The number of alkyl halides is 3. The molecule has 1 rings (SSSR count). The molecule has 5 nitrogen and oxygen atoms in total. The van der Waals surface area contributed by atoms with Crippen LogP contribution >= 0.6 is 42.4 Å². The summed E-state index contributed by atoms with van der Waals surface area (Å²) >= 11 is 17.5. The molecule has 0 aliphatic heterocycles. The van der Waals surface area contributed by atoms with Gasteiger partial charge < -0.3 is 14.4 Å². The largest absolute Gasteiger partial charge is 0.357 e. The number of benzene rings is 1. The third kappa shape index (κ3) is 5.89. The molecule has 0 saturated heterocycles. The summed E-state index contributed by atoms with van der Waals surface area (Å²) in [5, 5.41) is 2.33. The number of halogens is 4. The van der Waals surface area contributed by atoms with Gasteiger partial charge in [-0.1, -0.05) is 34.8 Å². The van der Waals surface area contributed by atoms with Crippen molar-refractivity contribution in [2.75, 3.05) is 13.2 Å². The van der Waals surface area contributed by atoms with E-state index in [9.17, 15) is 13.8 Å². The lowest BCUT2D eigenvalue weighted by Gasteiger charge is -2.31. The highest BCUT2D eigenvalue weighted by Gasteiger charge is 2.49. The van der Waals surface area contributed by atoms with Crippen LogP contribution in [0.15, 0.2) is 24.3 Å². The second-order valence-electron chi connectivity index (χ2n) is 4.30. The molecule has 0 spiro atoms. The minimum atomic E-state index is -3.94. The van der Waals surface area contributed by atoms with Gasteiger partial charge in [-0.2, -0.15) is 0 Å². The molecule has 0 heterocycles. The van der Waals surface area contributed by atoms with E-state index in [1.807, 2.05) is 0 Å². The molecule has 0 bridgehead atoms. The normalized spacial score (nSPS) is 13.7. The van der Waals surface area contributed by atoms with Crippen LogP contribution in [0, 0.1) is 5.82 Å². The second-order valence-corrected chi connectivity index (χ2v) is 8.78. The standard InChI is InChI=1S/C13H16Cl3FNO4P/c1-3-21-23(20,22-4-2)12(13(14,15)16)18-11(19)9-5-7-10(17)8-6-9/h5-8,12H,3-4H2,1-2H3,(H,18,19)/t12-/m1/s1. The zero-order valence-corrected chi connectivity index (χ0v) is 15.6. The van der Waals surface area contributed by atoms with E-state index in [1.165, 1.54) is 12.1 Å². The topological polar surface area (TPSA) is 64.6 Å². The molecule has 23 heavy (non-hydrogen) atoms. The van der Waals surface area contributed by atoms with Crippen LogP contribution in [-0.2, 0) is 13.6 Å². The molecular formula is C13H16Cl3FNO4P. The van der Waals surface area contributed by atoms with E-state index in [-0.39, 0.29) is 18.8 Å². The third-order valence-corrected chi connectivity index (χ3v) is 6.11. The van der Waals surface area contributed by atoms with Crippen molar-refractivity contribution in [3.63, 3.8) is 0 Å². The van der Waals surface area contributed by atoms with Gasteiger partial charge in [0.25, 0.3) is 5.91 Å². The molecule has 0 radical (unpaired) electrons. The molecule has 1 amide bonds. The number of rotatable bonds is 7. The van der Waals surface area contributed by atoms with Crippen LogP contribution in [0.1, 0.15) is 24.2 Å². The first-order chi connectivity index (χ1) is 10.6. The second kappa shape index (κ2) is 8.65. The number of hydrogen-bond acceptors (Lipinski definition) is 4. The summed E-state index contributed by atoms with van der Waals surface area (Å²) in [5.41, 5.74) is 0.102. The molecule has 10 heteroatoms. The van der Waals surface area contributed by atoms with Crippen LogP contribution < -0.4 is 5.32 Å². The fraction of sp³-hybridized carbons (Fsp3) is 0.462. The van der Waals surface area contributed by atoms with Gasteiger partial charge >= 0.3 is 7.60 Å². The third-order valence-electron chi connectivity index (χ3n) is 2.62. The fourth-order valence-electron chi connectivity index (χ4n) is 1.70. The van der Waals surface area contributed by atoms with E-state index in [0.29, 0.717) is 0 Å². The Morgan fingerprint density at radius 2 is 1.70 bits per heavy atom. The van der Waals surface area contributed by atoms with Crippen molar-refractivity contribution in [3.8, 4) is 0 Å². The Bertz CT molecular complexity index is 570. The summed E-state index contributed by atoms with van der Waals surface area (Å²) < 4.78 is 33.8. The Hall–Kier alpha value is -0.360. The highest BCUT2D eigenvalue weighted by atomic mass is 35.6. The predicted molar refractivity (Wildman–Crippen MR) is 88.8 cm³/mol. The molecule has 0 aliphatic rings. The van der Waals surface area contributed by atoms with Crippen molar-refractivity contribution >= 4 is 48.3 Å². The number of carbonyl (C=O) groups excluding carboxylic acids is 1. The van der Waals surface area contributed by atoms with Gasteiger partial charge in [-0.3, -0.25) is 9.36 Å². The summed E-state index contributed by atoms with van der Waals surface area (Å²) in [5.74, 6) is -2.74. The van der Waals surface area contributed by atoms with Gasteiger partial charge in [-0.25, -0.2) is 4.39 Å². The molecule has 1 atom stereocenters. The van der Waals surface area contributed by atoms with Crippen LogP contribution in [0.25, 0.3) is 0 Å². The Morgan fingerprint density at radius 3 is 2.09 bits per heavy atom. The van der Waals surface area contributed by atoms with E-state index in [1.54, 1.807) is 13.8 Å². The molecular weight excluding hydrogens is 390 g/mol. The van der Waals surface area contributed by atoms with E-state index in [0.717, 1.165) is 12.1 Å². The maximum absolute atomic E-state index is 12.9. The highest BCUT2D eigenvalue weighted by Crippen LogP contribution is 2.58. The first-order valence-corrected chi connectivity index (χ1v) is 9.40. The van der Waals surface area contributed by atoms with Gasteiger partial charge in [0.05, 0.1) is 13.2 Å². The molecule has 1 N–H and O–H groups in total.